The van der Waals surface area contributed by atoms with Gasteiger partial charge >= 0.3 is 5.97 Å². The van der Waals surface area contributed by atoms with Crippen LogP contribution >= 0.6 is 0 Å². The number of unbranched alkanes of at least 4 members (excludes halogenated alkanes) is 1. The third-order valence-corrected chi connectivity index (χ3v) is 5.61. The van der Waals surface area contributed by atoms with Crippen LogP contribution in [-0.4, -0.2) is 38.0 Å². The van der Waals surface area contributed by atoms with Crippen LogP contribution in [0.2, 0.25) is 0 Å². The maximum atomic E-state index is 12.4. The SMILES string of the molecule is CCCC[C@H](NC(=O)CCNS(=O)(=O)c1ccc2ccccc2c1)C(=O)O. The predicted molar refractivity (Wildman–Crippen MR) is 103 cm³/mol. The first-order valence-corrected chi connectivity index (χ1v) is 10.3. The number of carbonyl (C=O) groups excluding carboxylic acids is 1. The van der Waals surface area contributed by atoms with Crippen LogP contribution in [0.1, 0.15) is 32.6 Å². The predicted octanol–water partition coefficient (Wildman–Crippen LogP) is 2.27. The van der Waals surface area contributed by atoms with Crippen LogP contribution in [0, 0.1) is 0 Å². The van der Waals surface area contributed by atoms with E-state index in [9.17, 15) is 18.0 Å². The first kappa shape index (κ1) is 20.9. The average molecular weight is 392 g/mol. The Morgan fingerprint density at radius 1 is 1.11 bits per heavy atom. The van der Waals surface area contributed by atoms with Crippen molar-refractivity contribution >= 4 is 32.7 Å². The minimum Gasteiger partial charge on any atom is -0.480 e. The van der Waals surface area contributed by atoms with Crippen LogP contribution in [0.25, 0.3) is 10.8 Å². The Bertz CT molecular complexity index is 911. The third kappa shape index (κ3) is 6.04. The highest BCUT2D eigenvalue weighted by molar-refractivity contribution is 7.89. The minimum atomic E-state index is -3.75. The molecule has 0 saturated heterocycles. The molecule has 2 aromatic carbocycles. The molecule has 0 aliphatic rings. The maximum Gasteiger partial charge on any atom is 0.326 e. The molecule has 0 heterocycles. The number of sulfonamides is 1. The van der Waals surface area contributed by atoms with Crippen molar-refractivity contribution in [3.8, 4) is 0 Å². The molecule has 0 spiro atoms. The fourth-order valence-corrected chi connectivity index (χ4v) is 3.72. The number of aliphatic carboxylic acids is 1. The minimum absolute atomic E-state index is 0.110. The standard InChI is InChI=1S/C19H24N2O5S/c1-2-3-8-17(19(23)24)21-18(22)11-12-20-27(25,26)16-10-9-14-6-4-5-7-15(14)13-16/h4-7,9-10,13,17,20H,2-3,8,11-12H2,1H3,(H,21,22)(H,23,24)/t17-/m0/s1. The van der Waals surface area contributed by atoms with E-state index < -0.39 is 27.9 Å². The van der Waals surface area contributed by atoms with E-state index in [4.69, 9.17) is 5.11 Å². The van der Waals surface area contributed by atoms with Crippen molar-refractivity contribution in [2.75, 3.05) is 6.54 Å². The normalized spacial score (nSPS) is 12.6. The molecule has 0 unspecified atom stereocenters. The molecule has 1 amide bonds. The highest BCUT2D eigenvalue weighted by atomic mass is 32.2. The van der Waals surface area contributed by atoms with Gasteiger partial charge in [-0.3, -0.25) is 4.79 Å². The van der Waals surface area contributed by atoms with Crippen LogP contribution < -0.4 is 10.0 Å². The van der Waals surface area contributed by atoms with Gasteiger partial charge in [0.25, 0.3) is 0 Å². The van der Waals surface area contributed by atoms with E-state index >= 15 is 0 Å². The number of hydrogen-bond acceptors (Lipinski definition) is 4. The van der Waals surface area contributed by atoms with E-state index in [-0.39, 0.29) is 17.9 Å². The van der Waals surface area contributed by atoms with Gasteiger partial charge in [-0.05, 0) is 29.3 Å². The zero-order valence-corrected chi connectivity index (χ0v) is 16.0. The molecule has 7 nitrogen and oxygen atoms in total. The van der Waals surface area contributed by atoms with Gasteiger partial charge in [-0.1, -0.05) is 50.1 Å². The molecule has 0 saturated carbocycles. The monoisotopic (exact) mass is 392 g/mol. The van der Waals surface area contributed by atoms with Gasteiger partial charge in [0, 0.05) is 13.0 Å². The molecule has 0 radical (unpaired) electrons. The maximum absolute atomic E-state index is 12.4. The number of hydrogen-bond donors (Lipinski definition) is 3. The summed E-state index contributed by atoms with van der Waals surface area (Å²) in [7, 11) is -3.75. The number of amides is 1. The lowest BCUT2D eigenvalue weighted by molar-refractivity contribution is -0.142. The molecule has 2 aromatic rings. The summed E-state index contributed by atoms with van der Waals surface area (Å²) in [5.74, 6) is -1.59. The quantitative estimate of drug-likeness (QED) is 0.574. The van der Waals surface area contributed by atoms with E-state index in [0.717, 1.165) is 17.2 Å². The van der Waals surface area contributed by atoms with E-state index in [0.29, 0.717) is 12.8 Å². The van der Waals surface area contributed by atoms with Crippen LogP contribution in [-0.2, 0) is 19.6 Å². The van der Waals surface area contributed by atoms with Crippen molar-refractivity contribution in [2.24, 2.45) is 0 Å². The van der Waals surface area contributed by atoms with E-state index in [1.807, 2.05) is 31.2 Å². The Balaban J connectivity index is 1.92. The van der Waals surface area contributed by atoms with E-state index in [2.05, 4.69) is 10.0 Å². The zero-order valence-electron chi connectivity index (χ0n) is 15.1. The summed E-state index contributed by atoms with van der Waals surface area (Å²) in [5, 5.41) is 13.3. The Hall–Kier alpha value is -2.45. The fourth-order valence-electron chi connectivity index (χ4n) is 2.65. The smallest absolute Gasteiger partial charge is 0.326 e. The molecule has 0 fully saturated rings. The molecular weight excluding hydrogens is 368 g/mol. The molecule has 3 N–H and O–H groups in total. The van der Waals surface area contributed by atoms with E-state index in [1.54, 1.807) is 12.1 Å². The summed E-state index contributed by atoms with van der Waals surface area (Å²) in [5.41, 5.74) is 0. The Kier molecular flexibility index (Phi) is 7.32. The van der Waals surface area contributed by atoms with Gasteiger partial charge in [0.05, 0.1) is 4.90 Å². The Labute approximate surface area is 158 Å². The summed E-state index contributed by atoms with van der Waals surface area (Å²) in [6.45, 7) is 1.82. The van der Waals surface area contributed by atoms with Gasteiger partial charge in [0.15, 0.2) is 0 Å². The number of carboxylic acids is 1. The number of nitrogens with one attached hydrogen (secondary N) is 2. The Morgan fingerprint density at radius 3 is 2.48 bits per heavy atom. The number of carbonyl (C=O) groups is 2. The second-order valence-electron chi connectivity index (χ2n) is 6.26. The number of fused-ring (bicyclic) bond motifs is 1. The fraction of sp³-hybridized carbons (Fsp3) is 0.368. The lowest BCUT2D eigenvalue weighted by atomic mass is 10.1. The molecule has 1 atom stereocenters. The summed E-state index contributed by atoms with van der Waals surface area (Å²) >= 11 is 0. The topological polar surface area (TPSA) is 113 Å². The zero-order chi connectivity index (χ0) is 19.9. The first-order valence-electron chi connectivity index (χ1n) is 8.84. The van der Waals surface area contributed by atoms with Crippen molar-refractivity contribution in [2.45, 2.75) is 43.5 Å². The van der Waals surface area contributed by atoms with Gasteiger partial charge < -0.3 is 10.4 Å². The van der Waals surface area contributed by atoms with Gasteiger partial charge in [-0.15, -0.1) is 0 Å². The molecule has 146 valence electrons. The van der Waals surface area contributed by atoms with Crippen LogP contribution in [0.4, 0.5) is 0 Å². The van der Waals surface area contributed by atoms with Gasteiger partial charge in [-0.2, -0.15) is 0 Å². The molecule has 0 aliphatic heterocycles. The summed E-state index contributed by atoms with van der Waals surface area (Å²) in [4.78, 5) is 23.2. The molecular formula is C19H24N2O5S. The lowest BCUT2D eigenvalue weighted by Gasteiger charge is -2.14. The lowest BCUT2D eigenvalue weighted by Crippen LogP contribution is -2.41. The Morgan fingerprint density at radius 2 is 1.81 bits per heavy atom. The highest BCUT2D eigenvalue weighted by Gasteiger charge is 2.20. The number of benzene rings is 2. The highest BCUT2D eigenvalue weighted by Crippen LogP contribution is 2.18. The molecule has 0 aromatic heterocycles. The summed E-state index contributed by atoms with van der Waals surface area (Å²) in [6, 6.07) is 11.3. The number of carboxylic acid groups (broad SMARTS) is 1. The van der Waals surface area contributed by atoms with Crippen LogP contribution in [0.3, 0.4) is 0 Å². The third-order valence-electron chi connectivity index (χ3n) is 4.16. The van der Waals surface area contributed by atoms with Crippen LogP contribution in [0.15, 0.2) is 47.4 Å². The summed E-state index contributed by atoms with van der Waals surface area (Å²) in [6.07, 6.45) is 1.72. The van der Waals surface area contributed by atoms with Crippen molar-refractivity contribution in [3.05, 3.63) is 42.5 Å². The van der Waals surface area contributed by atoms with Gasteiger partial charge in [0.2, 0.25) is 15.9 Å². The second-order valence-corrected chi connectivity index (χ2v) is 8.02. The molecule has 8 heteroatoms. The molecule has 2 rings (SSSR count). The number of rotatable bonds is 10. The van der Waals surface area contributed by atoms with Crippen molar-refractivity contribution in [3.63, 3.8) is 0 Å². The van der Waals surface area contributed by atoms with Crippen molar-refractivity contribution in [1.29, 1.82) is 0 Å². The van der Waals surface area contributed by atoms with Gasteiger partial charge in [0.1, 0.15) is 6.04 Å². The largest absolute Gasteiger partial charge is 0.480 e. The van der Waals surface area contributed by atoms with Gasteiger partial charge in [-0.25, -0.2) is 17.9 Å². The first-order chi connectivity index (χ1) is 12.8. The summed E-state index contributed by atoms with van der Waals surface area (Å²) < 4.78 is 27.2. The molecule has 0 bridgehead atoms. The van der Waals surface area contributed by atoms with Crippen molar-refractivity contribution < 1.29 is 23.1 Å². The molecule has 0 aliphatic carbocycles. The average Bonchev–Trinajstić information content (AvgIpc) is 2.64. The van der Waals surface area contributed by atoms with Crippen molar-refractivity contribution in [1.82, 2.24) is 10.0 Å². The van der Waals surface area contributed by atoms with E-state index in [1.165, 1.54) is 6.07 Å². The van der Waals surface area contributed by atoms with Crippen LogP contribution in [0.5, 0.6) is 0 Å². The molecule has 27 heavy (non-hydrogen) atoms. The second kappa shape index (κ2) is 9.48.